The molecule has 72 valence electrons. The molecule has 3 heteroatoms. The van der Waals surface area contributed by atoms with Gasteiger partial charge >= 0.3 is 0 Å². The Bertz CT molecular complexity index is 288. The molecule has 0 fully saturated rings. The third kappa shape index (κ3) is 2.45. The molecule has 0 amide bonds. The molecule has 0 radical (unpaired) electrons. The fourth-order valence-corrected chi connectivity index (χ4v) is 1.87. The Kier molecular flexibility index (Phi) is 3.75. The van der Waals surface area contributed by atoms with Gasteiger partial charge in [0.15, 0.2) is 0 Å². The minimum atomic E-state index is -0.171. The van der Waals surface area contributed by atoms with Crippen molar-refractivity contribution in [3.05, 3.63) is 29.6 Å². The van der Waals surface area contributed by atoms with E-state index in [4.69, 9.17) is 0 Å². The summed E-state index contributed by atoms with van der Waals surface area (Å²) in [6.45, 7) is 2.02. The lowest BCUT2D eigenvalue weighted by atomic mass is 10.1. The highest BCUT2D eigenvalue weighted by molar-refractivity contribution is 7.98. The minimum absolute atomic E-state index is 0.171. The molecule has 1 nitrogen and oxygen atoms in total. The first-order chi connectivity index (χ1) is 6.19. The van der Waals surface area contributed by atoms with Crippen LogP contribution in [0.3, 0.4) is 0 Å². The Morgan fingerprint density at radius 3 is 2.69 bits per heavy atom. The van der Waals surface area contributed by atoms with Crippen molar-refractivity contribution < 1.29 is 4.39 Å². The quantitative estimate of drug-likeness (QED) is 0.751. The number of rotatable bonds is 3. The van der Waals surface area contributed by atoms with E-state index in [2.05, 4.69) is 5.32 Å². The van der Waals surface area contributed by atoms with E-state index in [1.165, 1.54) is 6.07 Å². The minimum Gasteiger partial charge on any atom is -0.313 e. The van der Waals surface area contributed by atoms with Gasteiger partial charge in [-0.15, -0.1) is 11.8 Å². The molecule has 13 heavy (non-hydrogen) atoms. The van der Waals surface area contributed by atoms with Gasteiger partial charge in [0.05, 0.1) is 0 Å². The smallest absolute Gasteiger partial charge is 0.123 e. The number of nitrogens with one attached hydrogen (secondary N) is 1. The molecule has 1 aromatic rings. The molecule has 0 heterocycles. The summed E-state index contributed by atoms with van der Waals surface area (Å²) >= 11 is 1.64. The lowest BCUT2D eigenvalue weighted by Gasteiger charge is -2.14. The number of hydrogen-bond acceptors (Lipinski definition) is 2. The molecule has 0 saturated heterocycles. The van der Waals surface area contributed by atoms with E-state index in [1.54, 1.807) is 17.8 Å². The number of hydrogen-bond donors (Lipinski definition) is 1. The lowest BCUT2D eigenvalue weighted by molar-refractivity contribution is 0.601. The van der Waals surface area contributed by atoms with Gasteiger partial charge in [0.1, 0.15) is 5.82 Å². The first kappa shape index (κ1) is 10.5. The van der Waals surface area contributed by atoms with Crippen molar-refractivity contribution in [1.82, 2.24) is 5.32 Å². The van der Waals surface area contributed by atoms with E-state index in [-0.39, 0.29) is 11.9 Å². The molecule has 0 bridgehead atoms. The van der Waals surface area contributed by atoms with Gasteiger partial charge in [-0.25, -0.2) is 4.39 Å². The molecule has 1 N–H and O–H groups in total. The van der Waals surface area contributed by atoms with Crippen LogP contribution in [0.25, 0.3) is 0 Å². The van der Waals surface area contributed by atoms with Gasteiger partial charge in [-0.2, -0.15) is 0 Å². The Morgan fingerprint density at radius 1 is 1.46 bits per heavy atom. The highest BCUT2D eigenvalue weighted by Crippen LogP contribution is 2.26. The van der Waals surface area contributed by atoms with Crippen LogP contribution in [0.15, 0.2) is 23.1 Å². The zero-order valence-electron chi connectivity index (χ0n) is 8.10. The van der Waals surface area contributed by atoms with E-state index in [0.717, 1.165) is 10.5 Å². The molecule has 0 saturated carbocycles. The summed E-state index contributed by atoms with van der Waals surface area (Å²) < 4.78 is 12.9. The van der Waals surface area contributed by atoms with Crippen molar-refractivity contribution in [2.45, 2.75) is 17.9 Å². The zero-order chi connectivity index (χ0) is 9.84. The topological polar surface area (TPSA) is 12.0 Å². The van der Waals surface area contributed by atoms with Crippen molar-refractivity contribution in [3.8, 4) is 0 Å². The molecule has 1 atom stereocenters. The van der Waals surface area contributed by atoms with Crippen LogP contribution in [0, 0.1) is 5.82 Å². The molecule has 0 aliphatic carbocycles. The lowest BCUT2D eigenvalue weighted by Crippen LogP contribution is -2.13. The SMILES string of the molecule is CNC(C)c1cc(F)ccc1SC. The maximum atomic E-state index is 12.9. The van der Waals surface area contributed by atoms with E-state index in [9.17, 15) is 4.39 Å². The summed E-state index contributed by atoms with van der Waals surface area (Å²) in [6.07, 6.45) is 2.00. The molecule has 0 spiro atoms. The Morgan fingerprint density at radius 2 is 2.15 bits per heavy atom. The summed E-state index contributed by atoms with van der Waals surface area (Å²) in [7, 11) is 1.87. The van der Waals surface area contributed by atoms with Crippen LogP contribution in [-0.2, 0) is 0 Å². The maximum absolute atomic E-state index is 12.9. The Balaban J connectivity index is 3.07. The average Bonchev–Trinajstić information content (AvgIpc) is 2.16. The highest BCUT2D eigenvalue weighted by Gasteiger charge is 2.08. The normalized spacial score (nSPS) is 12.9. The van der Waals surface area contributed by atoms with Gasteiger partial charge in [-0.3, -0.25) is 0 Å². The van der Waals surface area contributed by atoms with E-state index < -0.39 is 0 Å². The van der Waals surface area contributed by atoms with Crippen molar-refractivity contribution in [3.63, 3.8) is 0 Å². The van der Waals surface area contributed by atoms with Gasteiger partial charge < -0.3 is 5.32 Å². The summed E-state index contributed by atoms with van der Waals surface area (Å²) in [5, 5.41) is 3.10. The molecule has 0 aliphatic rings. The summed E-state index contributed by atoms with van der Waals surface area (Å²) in [5.74, 6) is -0.171. The van der Waals surface area contributed by atoms with Crippen molar-refractivity contribution in [2.75, 3.05) is 13.3 Å². The highest BCUT2D eigenvalue weighted by atomic mass is 32.2. The fraction of sp³-hybridized carbons (Fsp3) is 0.400. The third-order valence-electron chi connectivity index (χ3n) is 2.09. The molecule has 1 aromatic carbocycles. The van der Waals surface area contributed by atoms with Crippen LogP contribution >= 0.6 is 11.8 Å². The second kappa shape index (κ2) is 4.63. The summed E-state index contributed by atoms with van der Waals surface area (Å²) in [4.78, 5) is 1.13. The maximum Gasteiger partial charge on any atom is 0.123 e. The van der Waals surface area contributed by atoms with Crippen LogP contribution < -0.4 is 5.32 Å². The molecule has 0 aliphatic heterocycles. The predicted molar refractivity (Wildman–Crippen MR) is 55.7 cm³/mol. The molecule has 0 aromatic heterocycles. The summed E-state index contributed by atoms with van der Waals surface area (Å²) in [5.41, 5.74) is 1.02. The standard InChI is InChI=1S/C10H14FNS/c1-7(12-2)9-6-8(11)4-5-10(9)13-3/h4-7,12H,1-3H3. The third-order valence-corrected chi connectivity index (χ3v) is 2.90. The van der Waals surface area contributed by atoms with Gasteiger partial charge in [-0.1, -0.05) is 0 Å². The fourth-order valence-electron chi connectivity index (χ4n) is 1.20. The second-order valence-electron chi connectivity index (χ2n) is 2.90. The van der Waals surface area contributed by atoms with Crippen molar-refractivity contribution in [2.24, 2.45) is 0 Å². The Labute approximate surface area is 82.7 Å². The van der Waals surface area contributed by atoms with Crippen LogP contribution in [-0.4, -0.2) is 13.3 Å². The van der Waals surface area contributed by atoms with Crippen molar-refractivity contribution >= 4 is 11.8 Å². The van der Waals surface area contributed by atoms with Gasteiger partial charge in [0.25, 0.3) is 0 Å². The molecular formula is C10H14FNS. The first-order valence-electron chi connectivity index (χ1n) is 4.19. The second-order valence-corrected chi connectivity index (χ2v) is 3.74. The van der Waals surface area contributed by atoms with Crippen LogP contribution in [0.2, 0.25) is 0 Å². The van der Waals surface area contributed by atoms with Gasteiger partial charge in [0.2, 0.25) is 0 Å². The van der Waals surface area contributed by atoms with E-state index in [1.807, 2.05) is 26.3 Å². The summed E-state index contributed by atoms with van der Waals surface area (Å²) in [6, 6.07) is 5.10. The van der Waals surface area contributed by atoms with E-state index in [0.29, 0.717) is 0 Å². The van der Waals surface area contributed by atoms with E-state index >= 15 is 0 Å². The molecule has 1 rings (SSSR count). The van der Waals surface area contributed by atoms with Crippen LogP contribution in [0.5, 0.6) is 0 Å². The average molecular weight is 199 g/mol. The molecular weight excluding hydrogens is 185 g/mol. The van der Waals surface area contributed by atoms with Gasteiger partial charge in [0, 0.05) is 10.9 Å². The van der Waals surface area contributed by atoms with Crippen LogP contribution in [0.1, 0.15) is 18.5 Å². The number of thioether (sulfide) groups is 1. The predicted octanol–water partition coefficient (Wildman–Crippen LogP) is 2.83. The molecule has 1 unspecified atom stereocenters. The van der Waals surface area contributed by atoms with Crippen LogP contribution in [0.4, 0.5) is 4.39 Å². The first-order valence-corrected chi connectivity index (χ1v) is 5.42. The Hall–Kier alpha value is -0.540. The zero-order valence-corrected chi connectivity index (χ0v) is 8.91. The van der Waals surface area contributed by atoms with Gasteiger partial charge in [-0.05, 0) is 44.0 Å². The number of halogens is 1. The number of benzene rings is 1. The monoisotopic (exact) mass is 199 g/mol. The van der Waals surface area contributed by atoms with Crippen molar-refractivity contribution in [1.29, 1.82) is 0 Å². The largest absolute Gasteiger partial charge is 0.313 e.